The molecule has 1 rings (SSSR count). The second-order valence-electron chi connectivity index (χ2n) is 4.17. The lowest BCUT2D eigenvalue weighted by molar-refractivity contribution is -0.697. The second-order valence-corrected chi connectivity index (χ2v) is 4.17. The van der Waals surface area contributed by atoms with E-state index in [1.165, 1.54) is 24.9 Å². The van der Waals surface area contributed by atoms with Gasteiger partial charge < -0.3 is 17.3 Å². The van der Waals surface area contributed by atoms with Crippen LogP contribution in [-0.2, 0) is 6.54 Å². The van der Waals surface area contributed by atoms with Crippen molar-refractivity contribution in [3.05, 3.63) is 24.5 Å². The van der Waals surface area contributed by atoms with E-state index in [1.807, 2.05) is 0 Å². The molecule has 0 spiro atoms. The zero-order valence-corrected chi connectivity index (χ0v) is 12.1. The summed E-state index contributed by atoms with van der Waals surface area (Å²) in [5, 5.41) is 0. The molecule has 17 heavy (non-hydrogen) atoms. The number of nitrogens with zero attached hydrogens (tertiary/aromatic N) is 2. The zero-order chi connectivity index (χ0) is 11.8. The van der Waals surface area contributed by atoms with E-state index in [2.05, 4.69) is 54.8 Å². The van der Waals surface area contributed by atoms with Crippen molar-refractivity contribution < 1.29 is 17.0 Å². The van der Waals surface area contributed by atoms with Crippen LogP contribution in [0.25, 0.3) is 0 Å². The lowest BCUT2D eigenvalue weighted by Crippen LogP contribution is -3.00. The largest absolute Gasteiger partial charge is 1.00 e. The molecule has 0 radical (unpaired) electrons. The number of anilines is 1. The van der Waals surface area contributed by atoms with Gasteiger partial charge in [0.25, 0.3) is 0 Å². The first-order valence-electron chi connectivity index (χ1n) is 6.55. The van der Waals surface area contributed by atoms with Crippen molar-refractivity contribution in [1.82, 2.24) is 0 Å². The van der Waals surface area contributed by atoms with Crippen molar-refractivity contribution in [3.63, 3.8) is 0 Å². The Kier molecular flexibility index (Phi) is 8.87. The molecule has 0 bridgehead atoms. The fourth-order valence-corrected chi connectivity index (χ4v) is 1.94. The van der Waals surface area contributed by atoms with E-state index in [0.29, 0.717) is 0 Å². The number of hydrogen-bond acceptors (Lipinski definition) is 1. The van der Waals surface area contributed by atoms with Crippen LogP contribution in [0.4, 0.5) is 5.69 Å². The van der Waals surface area contributed by atoms with Crippen LogP contribution in [0.15, 0.2) is 24.5 Å². The minimum Gasteiger partial charge on any atom is -1.00 e. The summed E-state index contributed by atoms with van der Waals surface area (Å²) in [7, 11) is 0. The smallest absolute Gasteiger partial charge is 0.170 e. The number of aromatic nitrogens is 1. The predicted octanol–water partition coefficient (Wildman–Crippen LogP) is 0.0145. The van der Waals surface area contributed by atoms with Gasteiger partial charge in [-0.3, -0.25) is 0 Å². The molecule has 98 valence electrons. The van der Waals surface area contributed by atoms with Crippen molar-refractivity contribution in [2.75, 3.05) is 18.0 Å². The first-order chi connectivity index (χ1) is 7.81. The van der Waals surface area contributed by atoms with E-state index in [4.69, 9.17) is 0 Å². The van der Waals surface area contributed by atoms with Gasteiger partial charge in [-0.2, -0.15) is 0 Å². The first kappa shape index (κ1) is 16.2. The van der Waals surface area contributed by atoms with Gasteiger partial charge in [0, 0.05) is 37.3 Å². The van der Waals surface area contributed by atoms with Crippen LogP contribution >= 0.6 is 0 Å². The highest BCUT2D eigenvalue weighted by atomic mass is 35.5. The first-order valence-corrected chi connectivity index (χ1v) is 6.55. The van der Waals surface area contributed by atoms with Crippen LogP contribution in [0.1, 0.15) is 40.0 Å². The van der Waals surface area contributed by atoms with E-state index in [9.17, 15) is 0 Å². The van der Waals surface area contributed by atoms with Crippen LogP contribution in [0.3, 0.4) is 0 Å². The van der Waals surface area contributed by atoms with E-state index >= 15 is 0 Å². The standard InChI is InChI=1S/C14H25N2.ClH/c1-4-7-8-11-15-12-9-14(10-13-15)16(5-2)6-3;/h9-10,12-13H,4-8,11H2,1-3H3;1H/q+1;/p-1. The normalized spacial score (nSPS) is 9.82. The van der Waals surface area contributed by atoms with Crippen LogP contribution < -0.4 is 21.9 Å². The van der Waals surface area contributed by atoms with Gasteiger partial charge in [0.2, 0.25) is 0 Å². The summed E-state index contributed by atoms with van der Waals surface area (Å²) in [6, 6.07) is 4.44. The quantitative estimate of drug-likeness (QED) is 0.493. The third-order valence-electron chi connectivity index (χ3n) is 3.02. The number of aryl methyl sites for hydroxylation is 1. The molecule has 0 saturated heterocycles. The Bertz CT molecular complexity index is 281. The lowest BCUT2D eigenvalue weighted by Gasteiger charge is -2.19. The van der Waals surface area contributed by atoms with Crippen molar-refractivity contribution in [2.24, 2.45) is 0 Å². The molecule has 0 aliphatic carbocycles. The third-order valence-corrected chi connectivity index (χ3v) is 3.02. The van der Waals surface area contributed by atoms with Crippen LogP contribution in [0.5, 0.6) is 0 Å². The average Bonchev–Trinajstić information content (AvgIpc) is 2.33. The van der Waals surface area contributed by atoms with Gasteiger partial charge in [-0.1, -0.05) is 13.3 Å². The maximum absolute atomic E-state index is 2.37. The molecular weight excluding hydrogens is 232 g/mol. The Hall–Kier alpha value is -0.760. The minimum atomic E-state index is 0. The van der Waals surface area contributed by atoms with Gasteiger partial charge in [0.05, 0.1) is 0 Å². The van der Waals surface area contributed by atoms with Crippen molar-refractivity contribution >= 4 is 5.69 Å². The molecule has 0 aliphatic heterocycles. The fraction of sp³-hybridized carbons (Fsp3) is 0.643. The molecule has 1 heterocycles. The molecule has 0 fully saturated rings. The van der Waals surface area contributed by atoms with Gasteiger partial charge >= 0.3 is 0 Å². The van der Waals surface area contributed by atoms with Crippen molar-refractivity contribution in [3.8, 4) is 0 Å². The maximum Gasteiger partial charge on any atom is 0.170 e. The number of unbranched alkanes of at least 4 members (excludes halogenated alkanes) is 2. The Morgan fingerprint density at radius 2 is 1.59 bits per heavy atom. The second kappa shape index (κ2) is 9.29. The molecule has 0 aromatic carbocycles. The number of pyridine rings is 1. The van der Waals surface area contributed by atoms with Gasteiger partial charge in [-0.25, -0.2) is 4.57 Å². The number of rotatable bonds is 7. The van der Waals surface area contributed by atoms with Crippen molar-refractivity contribution in [2.45, 2.75) is 46.6 Å². The monoisotopic (exact) mass is 256 g/mol. The van der Waals surface area contributed by atoms with Gasteiger partial charge in [-0.05, 0) is 20.3 Å². The Labute approximate surface area is 112 Å². The Morgan fingerprint density at radius 3 is 2.06 bits per heavy atom. The summed E-state index contributed by atoms with van der Waals surface area (Å²) in [6.45, 7) is 9.95. The molecule has 3 heteroatoms. The van der Waals surface area contributed by atoms with Crippen molar-refractivity contribution in [1.29, 1.82) is 0 Å². The highest BCUT2D eigenvalue weighted by Crippen LogP contribution is 2.10. The SMILES string of the molecule is CCCCC[n+]1ccc(N(CC)CC)cc1.[Cl-]. The van der Waals surface area contributed by atoms with E-state index < -0.39 is 0 Å². The van der Waals surface area contributed by atoms with E-state index in [1.54, 1.807) is 0 Å². The summed E-state index contributed by atoms with van der Waals surface area (Å²) in [6.07, 6.45) is 8.29. The summed E-state index contributed by atoms with van der Waals surface area (Å²) in [5.74, 6) is 0. The van der Waals surface area contributed by atoms with Crippen LogP contribution in [-0.4, -0.2) is 13.1 Å². The van der Waals surface area contributed by atoms with Crippen LogP contribution in [0.2, 0.25) is 0 Å². The zero-order valence-electron chi connectivity index (χ0n) is 11.3. The summed E-state index contributed by atoms with van der Waals surface area (Å²) >= 11 is 0. The predicted molar refractivity (Wildman–Crippen MR) is 69.7 cm³/mol. The molecule has 2 nitrogen and oxygen atoms in total. The minimum absolute atomic E-state index is 0. The third kappa shape index (κ3) is 5.40. The average molecular weight is 257 g/mol. The topological polar surface area (TPSA) is 7.12 Å². The molecular formula is C14H25ClN2. The Morgan fingerprint density at radius 1 is 1.00 bits per heavy atom. The molecule has 0 amide bonds. The lowest BCUT2D eigenvalue weighted by atomic mass is 10.2. The van der Waals surface area contributed by atoms with Gasteiger partial charge in [-0.15, -0.1) is 0 Å². The molecule has 0 atom stereocenters. The fourth-order valence-electron chi connectivity index (χ4n) is 1.94. The molecule has 0 aliphatic rings. The highest BCUT2D eigenvalue weighted by Gasteiger charge is 2.04. The molecule has 0 N–H and O–H groups in total. The van der Waals surface area contributed by atoms with E-state index in [-0.39, 0.29) is 12.4 Å². The van der Waals surface area contributed by atoms with Gasteiger partial charge in [0.1, 0.15) is 6.54 Å². The molecule has 1 aromatic heterocycles. The van der Waals surface area contributed by atoms with E-state index in [0.717, 1.165) is 19.6 Å². The maximum atomic E-state index is 2.37. The summed E-state index contributed by atoms with van der Waals surface area (Å²) < 4.78 is 2.28. The summed E-state index contributed by atoms with van der Waals surface area (Å²) in [5.41, 5.74) is 1.33. The Balaban J connectivity index is 0.00000256. The van der Waals surface area contributed by atoms with Crippen LogP contribution in [0, 0.1) is 0 Å². The molecule has 0 unspecified atom stereocenters. The van der Waals surface area contributed by atoms with Gasteiger partial charge in [0.15, 0.2) is 12.4 Å². The molecule has 1 aromatic rings. The molecule has 0 saturated carbocycles. The number of halogens is 1. The summed E-state index contributed by atoms with van der Waals surface area (Å²) in [4.78, 5) is 2.37. The number of hydrogen-bond donors (Lipinski definition) is 0. The highest BCUT2D eigenvalue weighted by molar-refractivity contribution is 5.43.